The molecule has 1 aliphatic heterocycles. The van der Waals surface area contributed by atoms with E-state index in [2.05, 4.69) is 73.5 Å². The van der Waals surface area contributed by atoms with E-state index in [1.165, 1.54) is 18.4 Å². The molecular formula is C19H28N2. The topological polar surface area (TPSA) is 15.3 Å². The Balaban J connectivity index is 1.85. The molecule has 1 aliphatic carbocycles. The zero-order valence-electron chi connectivity index (χ0n) is 13.6. The third kappa shape index (κ3) is 2.79. The van der Waals surface area contributed by atoms with Gasteiger partial charge in [0.05, 0.1) is 5.54 Å². The van der Waals surface area contributed by atoms with Crippen LogP contribution in [0.25, 0.3) is 0 Å². The zero-order chi connectivity index (χ0) is 14.9. The fourth-order valence-corrected chi connectivity index (χ4v) is 3.72. The molecule has 0 bridgehead atoms. The molecule has 2 heteroatoms. The Bertz CT molecular complexity index is 506. The quantitative estimate of drug-likeness (QED) is 0.851. The van der Waals surface area contributed by atoms with Crippen molar-refractivity contribution in [3.8, 4) is 0 Å². The van der Waals surface area contributed by atoms with Gasteiger partial charge in [0, 0.05) is 25.2 Å². The number of hydrogen-bond donors (Lipinski definition) is 1. The minimum atomic E-state index is 0.0528. The first kappa shape index (κ1) is 14.8. The average molecular weight is 284 g/mol. The van der Waals surface area contributed by atoms with Crippen LogP contribution < -0.4 is 5.32 Å². The predicted molar refractivity (Wildman–Crippen MR) is 89.3 cm³/mol. The van der Waals surface area contributed by atoms with Crippen LogP contribution in [0.1, 0.15) is 39.2 Å². The van der Waals surface area contributed by atoms with Crippen LogP contribution in [0.3, 0.4) is 0 Å². The van der Waals surface area contributed by atoms with Gasteiger partial charge in [0.2, 0.25) is 0 Å². The summed E-state index contributed by atoms with van der Waals surface area (Å²) in [5.74, 6) is 0.871. The van der Waals surface area contributed by atoms with E-state index < -0.39 is 0 Å². The Morgan fingerprint density at radius 2 is 1.95 bits per heavy atom. The van der Waals surface area contributed by atoms with Crippen molar-refractivity contribution in [1.82, 2.24) is 10.2 Å². The predicted octanol–water partition coefficient (Wildman–Crippen LogP) is 3.55. The second-order valence-electron chi connectivity index (χ2n) is 7.13. The molecule has 1 aromatic rings. The molecule has 114 valence electrons. The van der Waals surface area contributed by atoms with E-state index in [-0.39, 0.29) is 5.54 Å². The Morgan fingerprint density at radius 3 is 2.57 bits per heavy atom. The lowest BCUT2D eigenvalue weighted by molar-refractivity contribution is 0.0143. The summed E-state index contributed by atoms with van der Waals surface area (Å²) in [6.45, 7) is 10.1. The Labute approximate surface area is 129 Å². The normalized spacial score (nSPS) is 34.4. The molecule has 2 atom stereocenters. The summed E-state index contributed by atoms with van der Waals surface area (Å²) in [6, 6.07) is 10.9. The Morgan fingerprint density at radius 1 is 1.24 bits per heavy atom. The summed E-state index contributed by atoms with van der Waals surface area (Å²) in [6.07, 6.45) is 7.27. The van der Waals surface area contributed by atoms with Crippen LogP contribution in [-0.4, -0.2) is 30.1 Å². The number of benzene rings is 1. The van der Waals surface area contributed by atoms with Crippen molar-refractivity contribution >= 4 is 0 Å². The Hall–Kier alpha value is -1.12. The largest absolute Gasteiger partial charge is 0.305 e. The van der Waals surface area contributed by atoms with Crippen LogP contribution in [0.15, 0.2) is 42.5 Å². The van der Waals surface area contributed by atoms with Gasteiger partial charge in [-0.25, -0.2) is 0 Å². The molecule has 2 unspecified atom stereocenters. The molecule has 2 nitrogen and oxygen atoms in total. The van der Waals surface area contributed by atoms with Gasteiger partial charge in [-0.15, -0.1) is 0 Å². The molecule has 1 heterocycles. The van der Waals surface area contributed by atoms with Gasteiger partial charge in [-0.1, -0.05) is 42.5 Å². The van der Waals surface area contributed by atoms with Gasteiger partial charge in [0.15, 0.2) is 0 Å². The van der Waals surface area contributed by atoms with E-state index in [4.69, 9.17) is 0 Å². The minimum Gasteiger partial charge on any atom is -0.305 e. The molecule has 2 fully saturated rings. The number of hydrogen-bond acceptors (Lipinski definition) is 2. The number of nitrogens with one attached hydrogen (secondary N) is 1. The molecule has 1 N–H and O–H groups in total. The SMILES string of the molecule is C/C=C/CN1CC(C)(c2ccccc2)NCC1(C)C1CC1. The number of allylic oxidation sites excluding steroid dienone is 1. The number of piperazine rings is 1. The average Bonchev–Trinajstić information content (AvgIpc) is 3.35. The smallest absolute Gasteiger partial charge is 0.0535 e. The fraction of sp³-hybridized carbons (Fsp3) is 0.579. The molecule has 1 saturated heterocycles. The highest BCUT2D eigenvalue weighted by Gasteiger charge is 2.50. The van der Waals surface area contributed by atoms with Crippen LogP contribution in [0.5, 0.6) is 0 Å². The van der Waals surface area contributed by atoms with Crippen molar-refractivity contribution in [3.63, 3.8) is 0 Å². The summed E-state index contributed by atoms with van der Waals surface area (Å²) in [4.78, 5) is 2.70. The lowest BCUT2D eigenvalue weighted by atomic mass is 9.82. The van der Waals surface area contributed by atoms with Gasteiger partial charge in [0.25, 0.3) is 0 Å². The van der Waals surface area contributed by atoms with Crippen LogP contribution >= 0.6 is 0 Å². The second kappa shape index (κ2) is 5.58. The highest BCUT2D eigenvalue weighted by atomic mass is 15.3. The lowest BCUT2D eigenvalue weighted by Crippen LogP contribution is -2.67. The highest BCUT2D eigenvalue weighted by molar-refractivity contribution is 5.26. The molecule has 3 rings (SSSR count). The van der Waals surface area contributed by atoms with Crippen molar-refractivity contribution in [2.24, 2.45) is 5.92 Å². The number of nitrogens with zero attached hydrogens (tertiary/aromatic N) is 1. The van der Waals surface area contributed by atoms with Gasteiger partial charge >= 0.3 is 0 Å². The summed E-state index contributed by atoms with van der Waals surface area (Å²) in [5, 5.41) is 3.86. The standard InChI is InChI=1S/C19H28N2/c1-4-5-13-21-15-18(2,16-9-7-6-8-10-16)20-14-19(21,3)17-11-12-17/h4-10,17,20H,11-15H2,1-3H3/b5-4+. The monoisotopic (exact) mass is 284 g/mol. The van der Waals surface area contributed by atoms with E-state index in [1.807, 2.05) is 0 Å². The molecule has 0 spiro atoms. The van der Waals surface area contributed by atoms with Crippen LogP contribution in [-0.2, 0) is 5.54 Å². The summed E-state index contributed by atoms with van der Waals surface area (Å²) >= 11 is 0. The van der Waals surface area contributed by atoms with Gasteiger partial charge in [-0.2, -0.15) is 0 Å². The third-order valence-corrected chi connectivity index (χ3v) is 5.50. The van der Waals surface area contributed by atoms with Crippen LogP contribution in [0.4, 0.5) is 0 Å². The van der Waals surface area contributed by atoms with Crippen molar-refractivity contribution in [1.29, 1.82) is 0 Å². The van der Waals surface area contributed by atoms with Gasteiger partial charge in [0.1, 0.15) is 0 Å². The van der Waals surface area contributed by atoms with Gasteiger partial charge in [-0.05, 0) is 45.1 Å². The van der Waals surface area contributed by atoms with Crippen molar-refractivity contribution in [2.75, 3.05) is 19.6 Å². The van der Waals surface area contributed by atoms with Gasteiger partial charge in [-0.3, -0.25) is 4.90 Å². The van der Waals surface area contributed by atoms with E-state index >= 15 is 0 Å². The summed E-state index contributed by atoms with van der Waals surface area (Å²) in [5.41, 5.74) is 1.76. The fourth-order valence-electron chi connectivity index (χ4n) is 3.72. The first-order valence-electron chi connectivity index (χ1n) is 8.25. The van der Waals surface area contributed by atoms with E-state index in [9.17, 15) is 0 Å². The van der Waals surface area contributed by atoms with Crippen LogP contribution in [0.2, 0.25) is 0 Å². The van der Waals surface area contributed by atoms with Crippen molar-refractivity contribution < 1.29 is 0 Å². The highest BCUT2D eigenvalue weighted by Crippen LogP contribution is 2.45. The molecule has 2 aliphatic rings. The first-order chi connectivity index (χ1) is 10.1. The van der Waals surface area contributed by atoms with Crippen molar-refractivity contribution in [2.45, 2.75) is 44.7 Å². The maximum absolute atomic E-state index is 3.86. The molecule has 1 aromatic carbocycles. The molecule has 21 heavy (non-hydrogen) atoms. The maximum Gasteiger partial charge on any atom is 0.0535 e. The molecule has 0 radical (unpaired) electrons. The van der Waals surface area contributed by atoms with Gasteiger partial charge < -0.3 is 5.32 Å². The molecule has 0 aromatic heterocycles. The minimum absolute atomic E-state index is 0.0528. The molecular weight excluding hydrogens is 256 g/mol. The van der Waals surface area contributed by atoms with E-state index in [0.717, 1.165) is 25.6 Å². The second-order valence-corrected chi connectivity index (χ2v) is 7.13. The first-order valence-corrected chi connectivity index (χ1v) is 8.25. The van der Waals surface area contributed by atoms with E-state index in [0.29, 0.717) is 5.54 Å². The summed E-state index contributed by atoms with van der Waals surface area (Å²) in [7, 11) is 0. The summed E-state index contributed by atoms with van der Waals surface area (Å²) < 4.78 is 0. The lowest BCUT2D eigenvalue weighted by Gasteiger charge is -2.52. The Kier molecular flexibility index (Phi) is 3.94. The molecule has 0 amide bonds. The maximum atomic E-state index is 3.86. The van der Waals surface area contributed by atoms with Crippen LogP contribution in [0, 0.1) is 5.92 Å². The van der Waals surface area contributed by atoms with E-state index in [1.54, 1.807) is 0 Å². The zero-order valence-corrected chi connectivity index (χ0v) is 13.6. The molecule has 1 saturated carbocycles. The van der Waals surface area contributed by atoms with Crippen molar-refractivity contribution in [3.05, 3.63) is 48.0 Å². The third-order valence-electron chi connectivity index (χ3n) is 5.50. The number of rotatable bonds is 4.